The summed E-state index contributed by atoms with van der Waals surface area (Å²) in [5, 5.41) is 5.25. The highest BCUT2D eigenvalue weighted by molar-refractivity contribution is 6.31. The number of carbonyl (C=O) groups is 2. The van der Waals surface area contributed by atoms with Crippen LogP contribution in [-0.4, -0.2) is 66.9 Å². The number of rotatable bonds is 6. The van der Waals surface area contributed by atoms with Crippen molar-refractivity contribution in [3.05, 3.63) is 28.8 Å². The molecule has 178 valence electrons. The lowest BCUT2D eigenvalue weighted by Gasteiger charge is -2.35. The van der Waals surface area contributed by atoms with Crippen molar-refractivity contribution in [3.63, 3.8) is 0 Å². The Kier molecular flexibility index (Phi) is 8.41. The summed E-state index contributed by atoms with van der Waals surface area (Å²) in [6.07, 6.45) is -0.0171. The van der Waals surface area contributed by atoms with Crippen molar-refractivity contribution >= 4 is 29.1 Å². The van der Waals surface area contributed by atoms with Gasteiger partial charge in [0, 0.05) is 37.9 Å². The first-order valence-corrected chi connectivity index (χ1v) is 11.4. The Morgan fingerprint density at radius 3 is 2.22 bits per heavy atom. The number of hydrogen-bond donors (Lipinski definition) is 2. The van der Waals surface area contributed by atoms with Gasteiger partial charge in [-0.3, -0.25) is 19.4 Å². The zero-order chi connectivity index (χ0) is 23.3. The minimum Gasteiger partial charge on any atom is -0.352 e. The Bertz CT molecular complexity index is 813. The maximum absolute atomic E-state index is 13.0. The first-order chi connectivity index (χ1) is 15.1. The third-order valence-electron chi connectivity index (χ3n) is 6.21. The summed E-state index contributed by atoms with van der Waals surface area (Å²) in [5.74, 6) is 0.159. The second-order valence-electron chi connectivity index (χ2n) is 8.73. The molecule has 1 aromatic rings. The Morgan fingerprint density at radius 1 is 1.03 bits per heavy atom. The van der Waals surface area contributed by atoms with Crippen LogP contribution < -0.4 is 10.6 Å². The van der Waals surface area contributed by atoms with Crippen molar-refractivity contribution in [2.24, 2.45) is 5.92 Å². The summed E-state index contributed by atoms with van der Waals surface area (Å²) < 4.78 is 38.9. The molecule has 1 aliphatic heterocycles. The molecule has 2 fully saturated rings. The number of carbonyl (C=O) groups excluding carboxylic acids is 2. The van der Waals surface area contributed by atoms with Crippen molar-refractivity contribution < 1.29 is 22.8 Å². The van der Waals surface area contributed by atoms with Gasteiger partial charge in [0.05, 0.1) is 23.7 Å². The van der Waals surface area contributed by atoms with Gasteiger partial charge in [-0.15, -0.1) is 0 Å². The first-order valence-electron chi connectivity index (χ1n) is 11.0. The largest absolute Gasteiger partial charge is 0.417 e. The number of piperazine rings is 1. The molecule has 2 amide bonds. The van der Waals surface area contributed by atoms with Gasteiger partial charge in [-0.2, -0.15) is 13.2 Å². The molecule has 1 aliphatic carbocycles. The number of nitrogens with zero attached hydrogens (tertiary/aromatic N) is 2. The predicted octanol–water partition coefficient (Wildman–Crippen LogP) is 3.61. The van der Waals surface area contributed by atoms with Crippen LogP contribution in [0.5, 0.6) is 0 Å². The molecule has 3 rings (SSSR count). The van der Waals surface area contributed by atoms with Crippen LogP contribution in [0.4, 0.5) is 18.9 Å². The summed E-state index contributed by atoms with van der Waals surface area (Å²) in [7, 11) is 0. The molecule has 1 saturated heterocycles. The van der Waals surface area contributed by atoms with E-state index in [0.717, 1.165) is 31.4 Å². The second-order valence-corrected chi connectivity index (χ2v) is 9.14. The average molecular weight is 475 g/mol. The van der Waals surface area contributed by atoms with E-state index in [-0.39, 0.29) is 24.2 Å². The fraction of sp³-hybridized carbons (Fsp3) is 0.636. The van der Waals surface area contributed by atoms with Crippen LogP contribution in [0, 0.1) is 5.92 Å². The van der Waals surface area contributed by atoms with Gasteiger partial charge in [-0.05, 0) is 37.0 Å². The highest BCUT2D eigenvalue weighted by atomic mass is 35.5. The Labute approximate surface area is 191 Å². The predicted molar refractivity (Wildman–Crippen MR) is 118 cm³/mol. The van der Waals surface area contributed by atoms with Crippen molar-refractivity contribution in [2.45, 2.75) is 44.8 Å². The molecular weight excluding hydrogens is 445 g/mol. The summed E-state index contributed by atoms with van der Waals surface area (Å²) in [4.78, 5) is 28.7. The maximum Gasteiger partial charge on any atom is 0.417 e. The van der Waals surface area contributed by atoms with E-state index >= 15 is 0 Å². The Hall–Kier alpha value is -1.84. The van der Waals surface area contributed by atoms with Crippen LogP contribution >= 0.6 is 11.6 Å². The molecule has 32 heavy (non-hydrogen) atoms. The minimum atomic E-state index is -4.59. The Balaban J connectivity index is 1.41. The standard InChI is InChI=1S/C22H30ClF3N4O2/c1-15-4-2-3-5-19(15)28-21(32)14-30-10-8-29(9-11-30)13-20(31)27-16-6-7-18(23)17(12-16)22(24,25)26/h6-7,12,15,19H,2-5,8-11,13-14H2,1H3,(H,27,31)(H,28,32)/t15-,19-/m0/s1. The molecule has 1 saturated carbocycles. The SMILES string of the molecule is C[C@H]1CCCC[C@@H]1NC(=O)CN1CCN(CC(=O)Nc2ccc(Cl)c(C(F)(F)F)c2)CC1. The third kappa shape index (κ3) is 7.08. The third-order valence-corrected chi connectivity index (χ3v) is 6.54. The zero-order valence-electron chi connectivity index (χ0n) is 18.2. The summed E-state index contributed by atoms with van der Waals surface area (Å²) >= 11 is 5.61. The van der Waals surface area contributed by atoms with Crippen LogP contribution in [0.2, 0.25) is 5.02 Å². The van der Waals surface area contributed by atoms with Gasteiger partial charge < -0.3 is 10.6 Å². The first kappa shape index (κ1) is 24.8. The quantitative estimate of drug-likeness (QED) is 0.661. The lowest BCUT2D eigenvalue weighted by atomic mass is 9.86. The van der Waals surface area contributed by atoms with E-state index in [4.69, 9.17) is 11.6 Å². The van der Waals surface area contributed by atoms with Gasteiger partial charge in [0.25, 0.3) is 0 Å². The lowest BCUT2D eigenvalue weighted by Crippen LogP contribution is -2.52. The number of benzene rings is 1. The monoisotopic (exact) mass is 474 g/mol. The number of halogens is 4. The normalized spacial score (nSPS) is 23.0. The van der Waals surface area contributed by atoms with E-state index < -0.39 is 22.7 Å². The molecular formula is C22H30ClF3N4O2. The molecule has 0 aromatic heterocycles. The fourth-order valence-corrected chi connectivity index (χ4v) is 4.54. The molecule has 1 heterocycles. The van der Waals surface area contributed by atoms with E-state index in [1.807, 2.05) is 4.90 Å². The zero-order valence-corrected chi connectivity index (χ0v) is 18.9. The molecule has 6 nitrogen and oxygen atoms in total. The van der Waals surface area contributed by atoms with Gasteiger partial charge in [-0.25, -0.2) is 0 Å². The number of anilines is 1. The van der Waals surface area contributed by atoms with Crippen LogP contribution in [0.25, 0.3) is 0 Å². The van der Waals surface area contributed by atoms with Crippen molar-refractivity contribution in [3.8, 4) is 0 Å². The molecule has 2 N–H and O–H groups in total. The van der Waals surface area contributed by atoms with Crippen molar-refractivity contribution in [2.75, 3.05) is 44.6 Å². The van der Waals surface area contributed by atoms with Crippen LogP contribution in [0.1, 0.15) is 38.2 Å². The topological polar surface area (TPSA) is 64.7 Å². The highest BCUT2D eigenvalue weighted by Crippen LogP contribution is 2.36. The van der Waals surface area contributed by atoms with Gasteiger partial charge in [0.1, 0.15) is 0 Å². The minimum absolute atomic E-state index is 0.0400. The summed E-state index contributed by atoms with van der Waals surface area (Å²) in [6, 6.07) is 3.56. The van der Waals surface area contributed by atoms with E-state index in [1.54, 1.807) is 0 Å². The van der Waals surface area contributed by atoms with E-state index in [0.29, 0.717) is 38.6 Å². The van der Waals surface area contributed by atoms with Crippen LogP contribution in [-0.2, 0) is 15.8 Å². The van der Waals surface area contributed by atoms with Gasteiger partial charge in [-0.1, -0.05) is 31.4 Å². The van der Waals surface area contributed by atoms with Crippen LogP contribution in [0.15, 0.2) is 18.2 Å². The van der Waals surface area contributed by atoms with Gasteiger partial charge in [0.2, 0.25) is 11.8 Å². The second kappa shape index (κ2) is 10.9. The number of amides is 2. The van der Waals surface area contributed by atoms with Gasteiger partial charge >= 0.3 is 6.18 Å². The molecule has 0 radical (unpaired) electrons. The summed E-state index contributed by atoms with van der Waals surface area (Å²) in [5.41, 5.74) is -0.926. The smallest absolute Gasteiger partial charge is 0.352 e. The molecule has 10 heteroatoms. The molecule has 2 aliphatic rings. The van der Waals surface area contributed by atoms with E-state index in [1.165, 1.54) is 12.5 Å². The molecule has 0 unspecified atom stereocenters. The lowest BCUT2D eigenvalue weighted by molar-refractivity contribution is -0.137. The average Bonchev–Trinajstić information content (AvgIpc) is 2.72. The summed E-state index contributed by atoms with van der Waals surface area (Å²) in [6.45, 7) is 5.11. The Morgan fingerprint density at radius 2 is 1.62 bits per heavy atom. The fourth-order valence-electron chi connectivity index (χ4n) is 4.32. The van der Waals surface area contributed by atoms with Gasteiger partial charge in [0.15, 0.2) is 0 Å². The van der Waals surface area contributed by atoms with E-state index in [9.17, 15) is 22.8 Å². The molecule has 1 aromatic carbocycles. The molecule has 0 bridgehead atoms. The van der Waals surface area contributed by atoms with Crippen LogP contribution in [0.3, 0.4) is 0 Å². The number of hydrogen-bond acceptors (Lipinski definition) is 4. The molecule has 0 spiro atoms. The highest BCUT2D eigenvalue weighted by Gasteiger charge is 2.33. The number of alkyl halides is 3. The van der Waals surface area contributed by atoms with Crippen molar-refractivity contribution in [1.82, 2.24) is 15.1 Å². The van der Waals surface area contributed by atoms with E-state index in [2.05, 4.69) is 22.5 Å². The molecule has 2 atom stereocenters. The number of nitrogens with one attached hydrogen (secondary N) is 2. The van der Waals surface area contributed by atoms with Crippen molar-refractivity contribution in [1.29, 1.82) is 0 Å². The maximum atomic E-state index is 13.0.